The zero-order chi connectivity index (χ0) is 35.3. The summed E-state index contributed by atoms with van der Waals surface area (Å²) in [5.74, 6) is 1.05. The van der Waals surface area contributed by atoms with E-state index >= 15 is 0 Å². The lowest BCUT2D eigenvalue weighted by Gasteiger charge is -2.27. The molecule has 1 spiro atoms. The first kappa shape index (κ1) is 34.0. The number of esters is 1. The maximum Gasteiger partial charge on any atom is 0.410 e. The number of hydrogen-bond acceptors (Lipinski definition) is 7. The molecule has 1 aliphatic carbocycles. The summed E-state index contributed by atoms with van der Waals surface area (Å²) < 4.78 is 17.7. The van der Waals surface area contributed by atoms with Gasteiger partial charge in [-0.2, -0.15) is 0 Å². The number of rotatable bonds is 6. The van der Waals surface area contributed by atoms with Crippen LogP contribution < -0.4 is 0 Å². The van der Waals surface area contributed by atoms with Crippen LogP contribution in [0.25, 0.3) is 33.6 Å². The van der Waals surface area contributed by atoms with Crippen LogP contribution in [0.5, 0.6) is 0 Å². The van der Waals surface area contributed by atoms with E-state index in [0.29, 0.717) is 13.0 Å². The normalized spacial score (nSPS) is 23.9. The molecule has 10 nitrogen and oxygen atoms in total. The summed E-state index contributed by atoms with van der Waals surface area (Å²) >= 11 is 0. The number of ether oxygens (including phenoxy) is 3. The first-order valence-electron chi connectivity index (χ1n) is 17.9. The van der Waals surface area contributed by atoms with E-state index in [1.807, 2.05) is 53.9 Å². The fourth-order valence-corrected chi connectivity index (χ4v) is 7.76. The Morgan fingerprint density at radius 3 is 1.90 bits per heavy atom. The average molecular weight is 680 g/mol. The number of H-pyrrole nitrogens is 2. The first-order chi connectivity index (χ1) is 23.8. The lowest BCUT2D eigenvalue weighted by atomic mass is 9.95. The van der Waals surface area contributed by atoms with Gasteiger partial charge in [0.25, 0.3) is 0 Å². The number of carbonyl (C=O) groups is 2. The van der Waals surface area contributed by atoms with Crippen molar-refractivity contribution in [3.05, 3.63) is 72.6 Å². The third-order valence-corrected chi connectivity index (χ3v) is 10.0. The fraction of sp³-hybridized carbons (Fsp3) is 0.500. The highest BCUT2D eigenvalue weighted by atomic mass is 16.6. The third kappa shape index (κ3) is 7.22. The molecule has 10 heteroatoms. The largest absolute Gasteiger partial charge is 0.460 e. The number of nitrogens with one attached hydrogen (secondary N) is 2. The van der Waals surface area contributed by atoms with Crippen molar-refractivity contribution in [3.63, 3.8) is 0 Å². The molecule has 3 aliphatic rings. The quantitative estimate of drug-likeness (QED) is 0.196. The second kappa shape index (κ2) is 13.0. The molecule has 264 valence electrons. The van der Waals surface area contributed by atoms with Gasteiger partial charge < -0.3 is 24.2 Å². The Kier molecular flexibility index (Phi) is 8.87. The average Bonchev–Trinajstić information content (AvgIpc) is 3.90. The van der Waals surface area contributed by atoms with Gasteiger partial charge in [0.1, 0.15) is 22.9 Å². The molecule has 2 aromatic heterocycles. The maximum atomic E-state index is 13.3. The van der Waals surface area contributed by atoms with Gasteiger partial charge in [-0.25, -0.2) is 14.8 Å². The van der Waals surface area contributed by atoms with E-state index in [4.69, 9.17) is 19.2 Å². The van der Waals surface area contributed by atoms with Gasteiger partial charge in [-0.3, -0.25) is 9.69 Å². The summed E-state index contributed by atoms with van der Waals surface area (Å²) in [5, 5.41) is 0. The molecule has 4 atom stereocenters. The first-order valence-corrected chi connectivity index (χ1v) is 17.9. The summed E-state index contributed by atoms with van der Waals surface area (Å²) in [7, 11) is 0. The van der Waals surface area contributed by atoms with Crippen LogP contribution in [0.2, 0.25) is 0 Å². The number of benzene rings is 2. The Morgan fingerprint density at radius 2 is 1.34 bits per heavy atom. The van der Waals surface area contributed by atoms with E-state index in [1.165, 1.54) is 0 Å². The van der Waals surface area contributed by atoms with Crippen LogP contribution in [-0.2, 0) is 19.0 Å². The van der Waals surface area contributed by atoms with Gasteiger partial charge in [-0.15, -0.1) is 0 Å². The number of hydrogen-bond donors (Lipinski definition) is 2. The number of aromatic amines is 2. The van der Waals surface area contributed by atoms with Crippen molar-refractivity contribution in [2.75, 3.05) is 13.2 Å². The van der Waals surface area contributed by atoms with E-state index in [2.05, 4.69) is 63.5 Å². The molecule has 2 N–H and O–H groups in total. The molecule has 2 aromatic carbocycles. The van der Waals surface area contributed by atoms with Crippen molar-refractivity contribution in [1.82, 2.24) is 24.8 Å². The number of carbonyl (C=O) groups excluding carboxylic acids is 2. The predicted molar refractivity (Wildman–Crippen MR) is 191 cm³/mol. The number of likely N-dealkylation sites (tertiary alicyclic amines) is 1. The van der Waals surface area contributed by atoms with Crippen molar-refractivity contribution in [2.24, 2.45) is 5.92 Å². The molecule has 7 rings (SSSR count). The van der Waals surface area contributed by atoms with Crippen molar-refractivity contribution in [3.8, 4) is 33.6 Å². The number of amides is 1. The van der Waals surface area contributed by atoms with Gasteiger partial charge in [0.05, 0.1) is 41.3 Å². The predicted octanol–water partition coefficient (Wildman–Crippen LogP) is 8.59. The number of imidazole rings is 2. The molecule has 0 bridgehead atoms. The van der Waals surface area contributed by atoms with Crippen LogP contribution in [-0.4, -0.2) is 66.9 Å². The molecule has 50 heavy (non-hydrogen) atoms. The molecule has 0 radical (unpaired) electrons. The minimum Gasteiger partial charge on any atom is -0.460 e. The molecule has 1 unspecified atom stereocenters. The topological polar surface area (TPSA) is 122 Å². The SMILES string of the molecule is CC(C)(C)OC(=O)C1C[C@]2(CCCO2)C[C@H]1c1ncc(-c2ccc(-c3ccc(-c4cnc([C@@H]5CCCN5C(=O)OC(C)(C)C)[nH]4)cc3)cc2)[nH]1. The van der Waals surface area contributed by atoms with E-state index < -0.39 is 11.2 Å². The highest BCUT2D eigenvalue weighted by molar-refractivity contribution is 5.75. The van der Waals surface area contributed by atoms with Gasteiger partial charge >= 0.3 is 12.1 Å². The van der Waals surface area contributed by atoms with Gasteiger partial charge in [0.2, 0.25) is 0 Å². The van der Waals surface area contributed by atoms with Crippen molar-refractivity contribution < 1.29 is 23.8 Å². The van der Waals surface area contributed by atoms with Gasteiger partial charge in [-0.1, -0.05) is 48.5 Å². The Morgan fingerprint density at radius 1 is 0.780 bits per heavy atom. The van der Waals surface area contributed by atoms with Crippen LogP contribution in [0.15, 0.2) is 60.9 Å². The van der Waals surface area contributed by atoms with Crippen molar-refractivity contribution in [2.45, 2.75) is 109 Å². The van der Waals surface area contributed by atoms with E-state index in [0.717, 1.165) is 84.0 Å². The lowest BCUT2D eigenvalue weighted by molar-refractivity contribution is -0.161. The minimum atomic E-state index is -0.547. The molecule has 2 aliphatic heterocycles. The zero-order valence-corrected chi connectivity index (χ0v) is 30.0. The Hall–Kier alpha value is -4.44. The fourth-order valence-electron chi connectivity index (χ4n) is 7.76. The summed E-state index contributed by atoms with van der Waals surface area (Å²) in [5.41, 5.74) is 4.73. The second-order valence-electron chi connectivity index (χ2n) is 16.1. The minimum absolute atomic E-state index is 0.0810. The molecule has 2 saturated heterocycles. The van der Waals surface area contributed by atoms with Crippen LogP contribution in [0.4, 0.5) is 4.79 Å². The summed E-state index contributed by atoms with van der Waals surface area (Å²) in [6.45, 7) is 12.8. The number of nitrogens with zero attached hydrogens (tertiary/aromatic N) is 3. The van der Waals surface area contributed by atoms with Crippen LogP contribution in [0.3, 0.4) is 0 Å². The summed E-state index contributed by atoms with van der Waals surface area (Å²) in [4.78, 5) is 44.3. The summed E-state index contributed by atoms with van der Waals surface area (Å²) in [6, 6.07) is 16.7. The van der Waals surface area contributed by atoms with E-state index in [1.54, 1.807) is 4.90 Å². The van der Waals surface area contributed by atoms with Crippen molar-refractivity contribution >= 4 is 12.1 Å². The number of aromatic nitrogens is 4. The smallest absolute Gasteiger partial charge is 0.410 e. The molecular weight excluding hydrogens is 630 g/mol. The highest BCUT2D eigenvalue weighted by Gasteiger charge is 2.53. The van der Waals surface area contributed by atoms with Gasteiger partial charge in [0, 0.05) is 19.1 Å². The molecule has 4 heterocycles. The van der Waals surface area contributed by atoms with Gasteiger partial charge in [-0.05, 0) is 102 Å². The highest BCUT2D eigenvalue weighted by Crippen LogP contribution is 2.51. The maximum absolute atomic E-state index is 13.3. The standard InChI is InChI=1S/C40H49N5O5/c1-38(2,3)49-36(46)30-22-40(18-8-20-48-40)21-29(30)34-41-23-31(43-34)27-14-10-25(11-15-27)26-12-16-28(17-13-26)32-24-42-35(44-32)33-9-7-19-45(33)37(47)50-39(4,5)6/h10-17,23-24,29-30,33H,7-9,18-22H2,1-6H3,(H,41,43)(H,42,44)/t29-,30?,33+,40+/m1/s1. The van der Waals surface area contributed by atoms with Gasteiger partial charge in [0.15, 0.2) is 0 Å². The monoisotopic (exact) mass is 679 g/mol. The van der Waals surface area contributed by atoms with Crippen LogP contribution >= 0.6 is 0 Å². The third-order valence-electron chi connectivity index (χ3n) is 10.0. The van der Waals surface area contributed by atoms with E-state index in [9.17, 15) is 9.59 Å². The Bertz CT molecular complexity index is 1820. The Labute approximate surface area is 294 Å². The molecular formula is C40H49N5O5. The van der Waals surface area contributed by atoms with E-state index in [-0.39, 0.29) is 35.5 Å². The molecule has 1 amide bonds. The van der Waals surface area contributed by atoms with Crippen molar-refractivity contribution in [1.29, 1.82) is 0 Å². The Balaban J connectivity index is 1.03. The second-order valence-corrected chi connectivity index (χ2v) is 16.1. The zero-order valence-electron chi connectivity index (χ0n) is 30.0. The molecule has 4 aromatic rings. The van der Waals surface area contributed by atoms with Crippen LogP contribution in [0, 0.1) is 5.92 Å². The summed E-state index contributed by atoms with van der Waals surface area (Å²) in [6.07, 6.45) is 8.60. The lowest BCUT2D eigenvalue weighted by Crippen LogP contribution is -2.36. The molecule has 1 saturated carbocycles. The van der Waals surface area contributed by atoms with Crippen LogP contribution in [0.1, 0.15) is 104 Å². The molecule has 3 fully saturated rings.